The standard InChI is InChI=1S/C18H18N4OS2/c1-4-10-22-16(23)15(11-14-8-6-13(5-2)7-9-14)25-18(22)19-17-21-20-12(3)24-17/h4,6-9,11H,1,5,10H2,2-3H3/b15-11+,19-18?. The maximum Gasteiger partial charge on any atom is 0.267 e. The number of nitrogens with zero attached hydrogens (tertiary/aromatic N) is 4. The first kappa shape index (κ1) is 17.6. The molecule has 5 nitrogen and oxygen atoms in total. The molecule has 0 spiro atoms. The third-order valence-corrected chi connectivity index (χ3v) is 5.33. The number of hydrogen-bond acceptors (Lipinski definition) is 6. The van der Waals surface area contributed by atoms with E-state index in [9.17, 15) is 4.79 Å². The first-order valence-corrected chi connectivity index (χ1v) is 9.54. The average Bonchev–Trinajstić information content (AvgIpc) is 3.14. The van der Waals surface area contributed by atoms with Crippen LogP contribution >= 0.6 is 23.1 Å². The van der Waals surface area contributed by atoms with E-state index in [2.05, 4.69) is 40.8 Å². The van der Waals surface area contributed by atoms with Crippen molar-refractivity contribution in [2.45, 2.75) is 20.3 Å². The van der Waals surface area contributed by atoms with Gasteiger partial charge in [-0.1, -0.05) is 48.6 Å². The van der Waals surface area contributed by atoms with E-state index in [0.717, 1.165) is 17.0 Å². The van der Waals surface area contributed by atoms with Crippen molar-refractivity contribution in [2.75, 3.05) is 6.54 Å². The number of rotatable bonds is 5. The van der Waals surface area contributed by atoms with Crippen molar-refractivity contribution in [3.8, 4) is 0 Å². The van der Waals surface area contributed by atoms with Gasteiger partial charge in [-0.3, -0.25) is 9.69 Å². The fourth-order valence-electron chi connectivity index (χ4n) is 2.30. The number of carbonyl (C=O) groups is 1. The summed E-state index contributed by atoms with van der Waals surface area (Å²) in [4.78, 5) is 19.5. The topological polar surface area (TPSA) is 58.5 Å². The van der Waals surface area contributed by atoms with Crippen molar-refractivity contribution in [3.63, 3.8) is 0 Å². The summed E-state index contributed by atoms with van der Waals surface area (Å²) in [5, 5.41) is 9.98. The van der Waals surface area contributed by atoms with Gasteiger partial charge in [0.25, 0.3) is 5.91 Å². The predicted octanol–water partition coefficient (Wildman–Crippen LogP) is 4.20. The Morgan fingerprint density at radius 1 is 1.28 bits per heavy atom. The number of aliphatic imine (C=N–C) groups is 1. The minimum atomic E-state index is -0.0653. The maximum atomic E-state index is 12.7. The molecule has 7 heteroatoms. The maximum absolute atomic E-state index is 12.7. The van der Waals surface area contributed by atoms with Gasteiger partial charge in [0, 0.05) is 6.54 Å². The minimum absolute atomic E-state index is 0.0653. The number of amides is 1. The smallest absolute Gasteiger partial charge is 0.267 e. The lowest BCUT2D eigenvalue weighted by atomic mass is 10.1. The van der Waals surface area contributed by atoms with Crippen LogP contribution in [-0.4, -0.2) is 32.7 Å². The monoisotopic (exact) mass is 370 g/mol. The van der Waals surface area contributed by atoms with Crippen LogP contribution in [0.15, 0.2) is 46.8 Å². The van der Waals surface area contributed by atoms with E-state index in [1.807, 2.05) is 25.1 Å². The molecule has 0 bridgehead atoms. The molecular weight excluding hydrogens is 352 g/mol. The lowest BCUT2D eigenvalue weighted by molar-refractivity contribution is -0.121. The second-order valence-electron chi connectivity index (χ2n) is 5.41. The Morgan fingerprint density at radius 2 is 2.04 bits per heavy atom. The van der Waals surface area contributed by atoms with E-state index in [1.165, 1.54) is 28.7 Å². The lowest BCUT2D eigenvalue weighted by Gasteiger charge is -2.11. The summed E-state index contributed by atoms with van der Waals surface area (Å²) in [6, 6.07) is 8.22. The van der Waals surface area contributed by atoms with Crippen molar-refractivity contribution in [1.82, 2.24) is 15.1 Å². The highest BCUT2D eigenvalue weighted by atomic mass is 32.2. The van der Waals surface area contributed by atoms with Gasteiger partial charge in [-0.2, -0.15) is 4.99 Å². The molecule has 0 aliphatic carbocycles. The fourth-order valence-corrected chi connectivity index (χ4v) is 3.90. The van der Waals surface area contributed by atoms with Gasteiger partial charge < -0.3 is 0 Å². The quantitative estimate of drug-likeness (QED) is 0.585. The van der Waals surface area contributed by atoms with Crippen LogP contribution < -0.4 is 0 Å². The lowest BCUT2D eigenvalue weighted by Crippen LogP contribution is -2.29. The number of hydrogen-bond donors (Lipinski definition) is 0. The van der Waals surface area contributed by atoms with Gasteiger partial charge in [-0.05, 0) is 42.3 Å². The third-order valence-electron chi connectivity index (χ3n) is 3.59. The summed E-state index contributed by atoms with van der Waals surface area (Å²) in [5.74, 6) is -0.0653. The Morgan fingerprint density at radius 3 is 2.64 bits per heavy atom. The molecule has 1 aromatic carbocycles. The zero-order valence-corrected chi connectivity index (χ0v) is 15.7. The van der Waals surface area contributed by atoms with Crippen LogP contribution in [0.1, 0.15) is 23.1 Å². The highest BCUT2D eigenvalue weighted by Gasteiger charge is 2.32. The summed E-state index contributed by atoms with van der Waals surface area (Å²) < 4.78 is 0. The Kier molecular flexibility index (Phi) is 5.45. The van der Waals surface area contributed by atoms with Gasteiger partial charge >= 0.3 is 0 Å². The van der Waals surface area contributed by atoms with Crippen LogP contribution in [0.3, 0.4) is 0 Å². The first-order chi connectivity index (χ1) is 12.1. The van der Waals surface area contributed by atoms with Crippen molar-refractivity contribution in [3.05, 3.63) is 58.0 Å². The molecule has 1 saturated heterocycles. The molecule has 25 heavy (non-hydrogen) atoms. The zero-order valence-electron chi connectivity index (χ0n) is 14.1. The van der Waals surface area contributed by atoms with Gasteiger partial charge in [0.15, 0.2) is 5.17 Å². The van der Waals surface area contributed by atoms with E-state index < -0.39 is 0 Å². The molecule has 0 atom stereocenters. The molecular formula is C18H18N4OS2. The van der Waals surface area contributed by atoms with Gasteiger partial charge in [0.05, 0.1) is 4.91 Å². The number of benzene rings is 1. The molecule has 0 radical (unpaired) electrons. The van der Waals surface area contributed by atoms with E-state index in [0.29, 0.717) is 21.7 Å². The molecule has 0 unspecified atom stereocenters. The number of aryl methyl sites for hydroxylation is 2. The van der Waals surface area contributed by atoms with Crippen LogP contribution in [0.4, 0.5) is 5.13 Å². The van der Waals surface area contributed by atoms with E-state index >= 15 is 0 Å². The summed E-state index contributed by atoms with van der Waals surface area (Å²) in [6.07, 6.45) is 4.59. The first-order valence-electron chi connectivity index (χ1n) is 7.90. The molecule has 128 valence electrons. The molecule has 1 aromatic heterocycles. The Bertz CT molecular complexity index is 852. The van der Waals surface area contributed by atoms with Crippen LogP contribution in [0.25, 0.3) is 6.08 Å². The molecule has 1 fully saturated rings. The second kappa shape index (κ2) is 7.76. The van der Waals surface area contributed by atoms with Crippen molar-refractivity contribution < 1.29 is 4.79 Å². The van der Waals surface area contributed by atoms with E-state index in [4.69, 9.17) is 0 Å². The molecule has 2 heterocycles. The highest BCUT2D eigenvalue weighted by molar-refractivity contribution is 8.18. The summed E-state index contributed by atoms with van der Waals surface area (Å²) >= 11 is 2.75. The highest BCUT2D eigenvalue weighted by Crippen LogP contribution is 2.34. The van der Waals surface area contributed by atoms with Crippen molar-refractivity contribution in [1.29, 1.82) is 0 Å². The zero-order chi connectivity index (χ0) is 17.8. The number of thioether (sulfide) groups is 1. The van der Waals surface area contributed by atoms with Crippen LogP contribution in [-0.2, 0) is 11.2 Å². The normalized spacial score (nSPS) is 17.7. The molecule has 1 aliphatic heterocycles. The number of aromatic nitrogens is 2. The molecule has 0 N–H and O–H groups in total. The van der Waals surface area contributed by atoms with E-state index in [-0.39, 0.29) is 5.91 Å². The second-order valence-corrected chi connectivity index (χ2v) is 7.58. The fraction of sp³-hybridized carbons (Fsp3) is 0.222. The molecule has 0 saturated carbocycles. The number of carbonyl (C=O) groups excluding carboxylic acids is 1. The summed E-state index contributed by atoms with van der Waals surface area (Å²) in [5.41, 5.74) is 2.27. The Balaban J connectivity index is 1.90. The van der Waals surface area contributed by atoms with Gasteiger partial charge in [0.1, 0.15) is 5.01 Å². The van der Waals surface area contributed by atoms with Gasteiger partial charge in [-0.15, -0.1) is 16.8 Å². The van der Waals surface area contributed by atoms with Crippen LogP contribution in [0.2, 0.25) is 0 Å². The molecule has 3 rings (SSSR count). The largest absolute Gasteiger partial charge is 0.282 e. The van der Waals surface area contributed by atoms with Gasteiger partial charge in [-0.25, -0.2) is 0 Å². The Labute approximate surface area is 155 Å². The van der Waals surface area contributed by atoms with Crippen molar-refractivity contribution >= 4 is 45.4 Å². The Hall–Kier alpha value is -2.25. The van der Waals surface area contributed by atoms with Crippen LogP contribution in [0, 0.1) is 6.92 Å². The summed E-state index contributed by atoms with van der Waals surface area (Å²) in [7, 11) is 0. The minimum Gasteiger partial charge on any atom is -0.282 e. The average molecular weight is 371 g/mol. The molecule has 1 amide bonds. The third kappa shape index (κ3) is 4.05. The van der Waals surface area contributed by atoms with Crippen LogP contribution in [0.5, 0.6) is 0 Å². The molecule has 2 aromatic rings. The summed E-state index contributed by atoms with van der Waals surface area (Å²) in [6.45, 7) is 8.14. The SMILES string of the molecule is C=CCN1C(=O)/C(=C\c2ccc(CC)cc2)SC1=Nc1nnc(C)s1. The molecule has 1 aliphatic rings. The van der Waals surface area contributed by atoms with Gasteiger partial charge in [0.2, 0.25) is 5.13 Å². The number of amidine groups is 1. The van der Waals surface area contributed by atoms with E-state index in [1.54, 1.807) is 11.0 Å². The predicted molar refractivity (Wildman–Crippen MR) is 105 cm³/mol. The van der Waals surface area contributed by atoms with Crippen molar-refractivity contribution in [2.24, 2.45) is 4.99 Å².